The zero-order valence-corrected chi connectivity index (χ0v) is 18.9. The number of benzene rings is 2. The Morgan fingerprint density at radius 2 is 1.67 bits per heavy atom. The number of ether oxygens (including phenoxy) is 2. The monoisotopic (exact) mass is 472 g/mol. The van der Waals surface area contributed by atoms with Crippen molar-refractivity contribution < 1.29 is 27.1 Å². The smallest absolute Gasteiger partial charge is 0.242 e. The van der Waals surface area contributed by atoms with Gasteiger partial charge in [-0.1, -0.05) is 30.3 Å². The number of nitrogens with zero attached hydrogens (tertiary/aromatic N) is 2. The van der Waals surface area contributed by atoms with E-state index in [9.17, 15) is 17.6 Å². The first-order chi connectivity index (χ1) is 15.9. The van der Waals surface area contributed by atoms with Crippen LogP contribution in [0.3, 0.4) is 0 Å². The Kier molecular flexibility index (Phi) is 5.72. The number of carbonyl (C=O) groups is 1. The van der Waals surface area contributed by atoms with Crippen molar-refractivity contribution in [3.8, 4) is 0 Å². The van der Waals surface area contributed by atoms with Gasteiger partial charge in [-0.15, -0.1) is 0 Å². The third kappa shape index (κ3) is 4.40. The summed E-state index contributed by atoms with van der Waals surface area (Å²) in [6, 6.07) is 12.6. The third-order valence-electron chi connectivity index (χ3n) is 6.35. The molecule has 5 rings (SSSR count). The summed E-state index contributed by atoms with van der Waals surface area (Å²) in [5, 5.41) is 0.567. The molecule has 7 nitrogen and oxygen atoms in total. The van der Waals surface area contributed by atoms with E-state index in [-0.39, 0.29) is 23.1 Å². The minimum Gasteiger partial charge on any atom is -0.347 e. The average molecular weight is 473 g/mol. The lowest BCUT2D eigenvalue weighted by atomic mass is 10.0. The zero-order chi connectivity index (χ0) is 23.1. The first kappa shape index (κ1) is 22.1. The first-order valence-electron chi connectivity index (χ1n) is 11.0. The topological polar surface area (TPSA) is 77.8 Å². The number of sulfone groups is 1. The molecule has 0 unspecified atom stereocenters. The molecule has 9 heteroatoms. The highest BCUT2D eigenvalue weighted by Gasteiger charge is 2.40. The fraction of sp³-hybridized carbons (Fsp3) is 0.375. The summed E-state index contributed by atoms with van der Waals surface area (Å²) in [5.41, 5.74) is 1.18. The van der Waals surface area contributed by atoms with Crippen LogP contribution < -0.4 is 0 Å². The van der Waals surface area contributed by atoms with E-state index in [4.69, 9.17) is 9.47 Å². The van der Waals surface area contributed by atoms with Gasteiger partial charge in [-0.3, -0.25) is 4.79 Å². The SMILES string of the molecule is O=C(Cn1cc(S(=O)(=O)Cc2ccc(F)cc2)c2ccccc21)N1CCC2(CC1)OCCO2. The minimum absolute atomic E-state index is 0.0430. The molecule has 0 atom stereocenters. The number of piperidine rings is 1. The van der Waals surface area contributed by atoms with Crippen LogP contribution in [0.5, 0.6) is 0 Å². The van der Waals surface area contributed by atoms with Gasteiger partial charge in [0.25, 0.3) is 0 Å². The molecule has 3 aromatic rings. The maximum absolute atomic E-state index is 13.2. The van der Waals surface area contributed by atoms with Crippen LogP contribution in [0.1, 0.15) is 18.4 Å². The lowest BCUT2D eigenvalue weighted by Crippen LogP contribution is -2.48. The number of para-hydroxylation sites is 1. The van der Waals surface area contributed by atoms with E-state index in [1.54, 1.807) is 21.6 Å². The van der Waals surface area contributed by atoms with Crippen molar-refractivity contribution in [2.75, 3.05) is 26.3 Å². The third-order valence-corrected chi connectivity index (χ3v) is 8.06. The molecule has 33 heavy (non-hydrogen) atoms. The van der Waals surface area contributed by atoms with Crippen LogP contribution in [-0.4, -0.2) is 55.9 Å². The molecule has 0 radical (unpaired) electrons. The van der Waals surface area contributed by atoms with E-state index in [0.29, 0.717) is 55.6 Å². The molecule has 1 aromatic heterocycles. The number of hydrogen-bond donors (Lipinski definition) is 0. The molecule has 2 aliphatic rings. The molecule has 0 saturated carbocycles. The summed E-state index contributed by atoms with van der Waals surface area (Å²) in [6.07, 6.45) is 2.79. The van der Waals surface area contributed by atoms with Crippen LogP contribution in [0.25, 0.3) is 10.9 Å². The molecule has 0 aliphatic carbocycles. The Labute approximate surface area is 191 Å². The van der Waals surface area contributed by atoms with Gasteiger partial charge in [-0.25, -0.2) is 12.8 Å². The molecule has 174 valence electrons. The second-order valence-corrected chi connectivity index (χ2v) is 10.5. The molecule has 2 fully saturated rings. The molecule has 3 heterocycles. The van der Waals surface area contributed by atoms with E-state index < -0.39 is 21.4 Å². The lowest BCUT2D eigenvalue weighted by Gasteiger charge is -2.37. The maximum Gasteiger partial charge on any atom is 0.242 e. The fourth-order valence-electron chi connectivity index (χ4n) is 4.60. The van der Waals surface area contributed by atoms with E-state index >= 15 is 0 Å². The zero-order valence-electron chi connectivity index (χ0n) is 18.1. The predicted molar refractivity (Wildman–Crippen MR) is 120 cm³/mol. The second-order valence-electron chi connectivity index (χ2n) is 8.51. The van der Waals surface area contributed by atoms with Crippen LogP contribution in [0.15, 0.2) is 59.6 Å². The number of halogens is 1. The highest BCUT2D eigenvalue weighted by Crippen LogP contribution is 2.32. The summed E-state index contributed by atoms with van der Waals surface area (Å²) < 4.78 is 52.8. The number of carbonyl (C=O) groups excluding carboxylic acids is 1. The molecule has 2 aliphatic heterocycles. The maximum atomic E-state index is 13.2. The van der Waals surface area contributed by atoms with Crippen LogP contribution in [0.2, 0.25) is 0 Å². The van der Waals surface area contributed by atoms with Gasteiger partial charge in [-0.2, -0.15) is 0 Å². The average Bonchev–Trinajstić information content (AvgIpc) is 3.41. The van der Waals surface area contributed by atoms with Gasteiger partial charge in [0.15, 0.2) is 15.6 Å². The number of rotatable bonds is 5. The van der Waals surface area contributed by atoms with E-state index in [1.165, 1.54) is 30.5 Å². The Morgan fingerprint density at radius 1 is 1.00 bits per heavy atom. The van der Waals surface area contributed by atoms with Crippen molar-refractivity contribution in [1.82, 2.24) is 9.47 Å². The highest BCUT2D eigenvalue weighted by atomic mass is 32.2. The second kappa shape index (κ2) is 8.55. The quantitative estimate of drug-likeness (QED) is 0.570. The summed E-state index contributed by atoms with van der Waals surface area (Å²) in [4.78, 5) is 15.0. The van der Waals surface area contributed by atoms with Gasteiger partial charge >= 0.3 is 0 Å². The summed E-state index contributed by atoms with van der Waals surface area (Å²) >= 11 is 0. The highest BCUT2D eigenvalue weighted by molar-refractivity contribution is 7.90. The molecule has 0 N–H and O–H groups in total. The van der Waals surface area contributed by atoms with Gasteiger partial charge in [0.2, 0.25) is 5.91 Å². The molecule has 0 bridgehead atoms. The number of hydrogen-bond acceptors (Lipinski definition) is 5. The van der Waals surface area contributed by atoms with Crippen molar-refractivity contribution in [1.29, 1.82) is 0 Å². The molecule has 1 amide bonds. The van der Waals surface area contributed by atoms with Crippen LogP contribution in [0, 0.1) is 5.82 Å². The molecule has 1 spiro atoms. The Bertz CT molecular complexity index is 1270. The van der Waals surface area contributed by atoms with Crippen molar-refractivity contribution in [3.05, 3.63) is 66.1 Å². The largest absolute Gasteiger partial charge is 0.347 e. The normalized spacial score (nSPS) is 18.3. The van der Waals surface area contributed by atoms with Gasteiger partial charge in [0.05, 0.1) is 23.9 Å². The fourth-order valence-corrected chi connectivity index (χ4v) is 6.18. The van der Waals surface area contributed by atoms with Crippen LogP contribution in [0.4, 0.5) is 4.39 Å². The molecular weight excluding hydrogens is 447 g/mol. The van der Waals surface area contributed by atoms with Crippen LogP contribution >= 0.6 is 0 Å². The summed E-state index contributed by atoms with van der Waals surface area (Å²) in [5.74, 6) is -1.30. The van der Waals surface area contributed by atoms with Gasteiger partial charge < -0.3 is 18.9 Å². The van der Waals surface area contributed by atoms with Gasteiger partial charge in [-0.05, 0) is 23.8 Å². The lowest BCUT2D eigenvalue weighted by molar-refractivity contribution is -0.187. The first-order valence-corrected chi connectivity index (χ1v) is 12.6. The van der Waals surface area contributed by atoms with Crippen molar-refractivity contribution in [2.45, 2.75) is 35.8 Å². The number of fused-ring (bicyclic) bond motifs is 1. The Balaban J connectivity index is 1.37. The Hall–Kier alpha value is -2.75. The van der Waals surface area contributed by atoms with E-state index in [0.717, 1.165) is 0 Å². The van der Waals surface area contributed by atoms with Gasteiger partial charge in [0.1, 0.15) is 12.4 Å². The summed E-state index contributed by atoms with van der Waals surface area (Å²) in [6.45, 7) is 2.28. The number of amides is 1. The molecular formula is C24H25FN2O5S. The van der Waals surface area contributed by atoms with E-state index in [1.807, 2.05) is 12.1 Å². The van der Waals surface area contributed by atoms with E-state index in [2.05, 4.69) is 0 Å². The minimum atomic E-state index is -3.71. The molecule has 2 aromatic carbocycles. The molecule has 2 saturated heterocycles. The van der Waals surface area contributed by atoms with Crippen LogP contribution in [-0.2, 0) is 36.4 Å². The summed E-state index contributed by atoms with van der Waals surface area (Å²) in [7, 11) is -3.71. The number of likely N-dealkylation sites (tertiary alicyclic amines) is 1. The standard InChI is InChI=1S/C24H25FN2O5S/c25-19-7-5-18(6-8-19)17-33(29,30)22-15-27(21-4-2-1-3-20(21)22)16-23(28)26-11-9-24(10-12-26)31-13-14-32-24/h1-8,15H,9-14,16-17H2. The van der Waals surface area contributed by atoms with Crippen molar-refractivity contribution in [2.24, 2.45) is 0 Å². The Morgan fingerprint density at radius 3 is 2.36 bits per heavy atom. The van der Waals surface area contributed by atoms with Crippen molar-refractivity contribution in [3.63, 3.8) is 0 Å². The van der Waals surface area contributed by atoms with Crippen molar-refractivity contribution >= 4 is 26.6 Å². The van der Waals surface area contributed by atoms with Gasteiger partial charge in [0, 0.05) is 43.0 Å². The number of aromatic nitrogens is 1. The predicted octanol–water partition coefficient (Wildman–Crippen LogP) is 3.12.